The number of hydrogen-bond acceptors (Lipinski definition) is 8. The first-order valence-corrected chi connectivity index (χ1v) is 10.7. The summed E-state index contributed by atoms with van der Waals surface area (Å²) in [6, 6.07) is 10.7. The van der Waals surface area contributed by atoms with Gasteiger partial charge in [0, 0.05) is 26.3 Å². The summed E-state index contributed by atoms with van der Waals surface area (Å²) in [5.74, 6) is -1.32. The standard InChI is InChI=1S/C23H26ClN5O4/c1-5-28(13-15-8-11-17(24)26-12-15)22-20(29(31)32)18(16-9-6-14(2)7-10-16)19(23(30)33-4)21(25)27(22)3/h6-12,18H,5,13,25H2,1-4H3. The van der Waals surface area contributed by atoms with Gasteiger partial charge >= 0.3 is 5.97 Å². The van der Waals surface area contributed by atoms with Gasteiger partial charge in [0.15, 0.2) is 5.82 Å². The van der Waals surface area contributed by atoms with Gasteiger partial charge in [0.05, 0.1) is 17.6 Å². The molecule has 33 heavy (non-hydrogen) atoms. The SMILES string of the molecule is CCN(Cc1ccc(Cl)nc1)C1=C([N+](=O)[O-])C(c2ccc(C)cc2)C(C(=O)OC)=C(N)N1C. The van der Waals surface area contributed by atoms with Crippen LogP contribution >= 0.6 is 11.6 Å². The molecular weight excluding hydrogens is 446 g/mol. The normalized spacial score (nSPS) is 16.2. The number of nitro groups is 1. The summed E-state index contributed by atoms with van der Waals surface area (Å²) < 4.78 is 4.96. The summed E-state index contributed by atoms with van der Waals surface area (Å²) >= 11 is 5.90. The smallest absolute Gasteiger partial charge is 0.338 e. The summed E-state index contributed by atoms with van der Waals surface area (Å²) in [6.45, 7) is 4.58. The summed E-state index contributed by atoms with van der Waals surface area (Å²) in [5, 5.41) is 12.8. The van der Waals surface area contributed by atoms with Crippen LogP contribution in [0, 0.1) is 17.0 Å². The maximum atomic E-state index is 12.7. The van der Waals surface area contributed by atoms with E-state index in [4.69, 9.17) is 22.1 Å². The third-order valence-corrected chi connectivity index (χ3v) is 5.83. The van der Waals surface area contributed by atoms with Crippen molar-refractivity contribution in [3.05, 3.63) is 97.5 Å². The summed E-state index contributed by atoms with van der Waals surface area (Å²) in [5.41, 5.74) is 8.66. The van der Waals surface area contributed by atoms with Crippen molar-refractivity contribution in [3.63, 3.8) is 0 Å². The van der Waals surface area contributed by atoms with Crippen molar-refractivity contribution in [3.8, 4) is 0 Å². The van der Waals surface area contributed by atoms with E-state index in [9.17, 15) is 14.9 Å². The molecule has 0 bridgehead atoms. The minimum absolute atomic E-state index is 0.0310. The van der Waals surface area contributed by atoms with Crippen molar-refractivity contribution in [2.75, 3.05) is 20.7 Å². The Kier molecular flexibility index (Phi) is 7.23. The van der Waals surface area contributed by atoms with Gasteiger partial charge in [0.2, 0.25) is 0 Å². The molecule has 9 nitrogen and oxygen atoms in total. The lowest BCUT2D eigenvalue weighted by Gasteiger charge is -2.38. The Bertz CT molecular complexity index is 1110. The molecule has 2 heterocycles. The Morgan fingerprint density at radius 2 is 1.97 bits per heavy atom. The Morgan fingerprint density at radius 3 is 2.48 bits per heavy atom. The van der Waals surface area contributed by atoms with Crippen LogP contribution < -0.4 is 5.73 Å². The fourth-order valence-corrected chi connectivity index (χ4v) is 4.03. The van der Waals surface area contributed by atoms with E-state index in [0.29, 0.717) is 29.6 Å². The quantitative estimate of drug-likeness (QED) is 0.283. The van der Waals surface area contributed by atoms with E-state index in [-0.39, 0.29) is 17.1 Å². The van der Waals surface area contributed by atoms with Gasteiger partial charge < -0.3 is 20.3 Å². The number of rotatable bonds is 7. The highest BCUT2D eigenvalue weighted by molar-refractivity contribution is 6.29. The van der Waals surface area contributed by atoms with Crippen molar-refractivity contribution < 1.29 is 14.5 Å². The van der Waals surface area contributed by atoms with Gasteiger partial charge in [-0.05, 0) is 31.0 Å². The number of nitrogens with zero attached hydrogens (tertiary/aromatic N) is 4. The van der Waals surface area contributed by atoms with Crippen molar-refractivity contribution >= 4 is 17.6 Å². The van der Waals surface area contributed by atoms with Crippen LogP contribution in [-0.4, -0.2) is 46.4 Å². The van der Waals surface area contributed by atoms with Crippen molar-refractivity contribution in [2.45, 2.75) is 26.3 Å². The number of allylic oxidation sites excluding steroid dienone is 1. The van der Waals surface area contributed by atoms with Crippen LogP contribution in [-0.2, 0) is 16.1 Å². The number of carbonyl (C=O) groups is 1. The molecule has 174 valence electrons. The molecule has 1 aliphatic rings. The predicted molar refractivity (Wildman–Crippen MR) is 124 cm³/mol. The van der Waals surface area contributed by atoms with Crippen LogP contribution in [0.3, 0.4) is 0 Å². The molecule has 0 saturated carbocycles. The monoisotopic (exact) mass is 471 g/mol. The van der Waals surface area contributed by atoms with Crippen LogP contribution in [0.25, 0.3) is 0 Å². The van der Waals surface area contributed by atoms with Gasteiger partial charge in [-0.1, -0.05) is 47.5 Å². The highest BCUT2D eigenvalue weighted by Crippen LogP contribution is 2.42. The topological polar surface area (TPSA) is 115 Å². The number of pyridine rings is 1. The Balaban J connectivity index is 2.23. The zero-order chi connectivity index (χ0) is 24.3. The molecule has 0 saturated heterocycles. The van der Waals surface area contributed by atoms with Gasteiger partial charge in [-0.2, -0.15) is 0 Å². The van der Waals surface area contributed by atoms with Crippen molar-refractivity contribution in [1.29, 1.82) is 0 Å². The number of methoxy groups -OCH3 is 1. The second kappa shape index (κ2) is 9.91. The van der Waals surface area contributed by atoms with Gasteiger partial charge in [-0.15, -0.1) is 0 Å². The zero-order valence-electron chi connectivity index (χ0n) is 18.9. The van der Waals surface area contributed by atoms with Crippen molar-refractivity contribution in [1.82, 2.24) is 14.8 Å². The molecule has 1 unspecified atom stereocenters. The van der Waals surface area contributed by atoms with Crippen LogP contribution in [0.15, 0.2) is 65.5 Å². The first-order chi connectivity index (χ1) is 15.7. The highest BCUT2D eigenvalue weighted by atomic mass is 35.5. The Hall–Kier alpha value is -3.59. The fraction of sp³-hybridized carbons (Fsp3) is 0.304. The maximum Gasteiger partial charge on any atom is 0.338 e. The molecule has 3 rings (SSSR count). The van der Waals surface area contributed by atoms with Gasteiger partial charge in [0.25, 0.3) is 5.70 Å². The Morgan fingerprint density at radius 1 is 1.30 bits per heavy atom. The number of benzene rings is 1. The predicted octanol–water partition coefficient (Wildman–Crippen LogP) is 3.38. The third kappa shape index (κ3) is 4.78. The summed E-state index contributed by atoms with van der Waals surface area (Å²) in [4.78, 5) is 32.2. The van der Waals surface area contributed by atoms with Gasteiger partial charge in [0.1, 0.15) is 16.9 Å². The summed E-state index contributed by atoms with van der Waals surface area (Å²) in [6.07, 6.45) is 1.62. The molecule has 1 aromatic carbocycles. The number of carbonyl (C=O) groups excluding carboxylic acids is 1. The molecule has 0 aliphatic carbocycles. The summed E-state index contributed by atoms with van der Waals surface area (Å²) in [7, 11) is 2.83. The van der Waals surface area contributed by atoms with E-state index in [2.05, 4.69) is 4.98 Å². The number of esters is 1. The van der Waals surface area contributed by atoms with E-state index in [1.54, 1.807) is 31.4 Å². The number of nitrogens with two attached hydrogens (primary N) is 1. The second-order valence-corrected chi connectivity index (χ2v) is 8.05. The van der Waals surface area contributed by atoms with Crippen LogP contribution in [0.4, 0.5) is 0 Å². The van der Waals surface area contributed by atoms with Gasteiger partial charge in [-0.25, -0.2) is 9.78 Å². The number of halogens is 1. The molecule has 1 aliphatic heterocycles. The van der Waals surface area contributed by atoms with E-state index in [1.165, 1.54) is 12.0 Å². The first-order valence-electron chi connectivity index (χ1n) is 10.3. The van der Waals surface area contributed by atoms with E-state index in [1.807, 2.05) is 36.9 Å². The van der Waals surface area contributed by atoms with Crippen LogP contribution in [0.2, 0.25) is 5.15 Å². The van der Waals surface area contributed by atoms with Crippen LogP contribution in [0.5, 0.6) is 0 Å². The lowest BCUT2D eigenvalue weighted by molar-refractivity contribution is -0.433. The van der Waals surface area contributed by atoms with E-state index >= 15 is 0 Å². The van der Waals surface area contributed by atoms with E-state index in [0.717, 1.165) is 11.1 Å². The minimum Gasteiger partial charge on any atom is -0.466 e. The van der Waals surface area contributed by atoms with Crippen molar-refractivity contribution in [2.24, 2.45) is 5.73 Å². The largest absolute Gasteiger partial charge is 0.466 e. The number of ether oxygens (including phenoxy) is 1. The number of hydrogen-bond donors (Lipinski definition) is 1. The molecule has 2 aromatic rings. The maximum absolute atomic E-state index is 12.7. The average molecular weight is 472 g/mol. The molecule has 1 atom stereocenters. The van der Waals surface area contributed by atoms with Gasteiger partial charge in [-0.3, -0.25) is 10.1 Å². The highest BCUT2D eigenvalue weighted by Gasteiger charge is 2.46. The first kappa shape index (κ1) is 24.1. The lowest BCUT2D eigenvalue weighted by Crippen LogP contribution is -2.43. The van der Waals surface area contributed by atoms with Crippen LogP contribution in [0.1, 0.15) is 29.5 Å². The fourth-order valence-electron chi connectivity index (χ4n) is 3.91. The third-order valence-electron chi connectivity index (χ3n) is 5.60. The second-order valence-electron chi connectivity index (χ2n) is 7.66. The Labute approximate surface area is 197 Å². The number of aryl methyl sites for hydroxylation is 1. The molecule has 0 radical (unpaired) electrons. The number of aromatic nitrogens is 1. The molecular formula is C23H26ClN5O4. The zero-order valence-corrected chi connectivity index (χ0v) is 19.7. The molecule has 0 fully saturated rings. The lowest BCUT2D eigenvalue weighted by atomic mass is 9.85. The average Bonchev–Trinajstić information content (AvgIpc) is 2.80. The molecule has 0 spiro atoms. The molecule has 1 aromatic heterocycles. The molecule has 0 amide bonds. The van der Waals surface area contributed by atoms with E-state index < -0.39 is 16.8 Å². The molecule has 10 heteroatoms. The minimum atomic E-state index is -1.00. The molecule has 2 N–H and O–H groups in total.